The van der Waals surface area contributed by atoms with Gasteiger partial charge in [-0.15, -0.1) is 0 Å². The number of methoxy groups -OCH3 is 1. The van der Waals surface area contributed by atoms with Gasteiger partial charge in [0.05, 0.1) is 30.6 Å². The van der Waals surface area contributed by atoms with Crippen LogP contribution in [0.4, 0.5) is 0 Å². The standard InChI is InChI=1S/C22H32N4O2/c1-3-7-20-19(14-25-26(20)15-18-8-5-4-6-9-18)21(27)24-16-22(17-28-2)10-12-23-13-11-22/h4-6,8-9,14,23H,3,7,10-13,15-17H2,1-2H3,(H,24,27). The molecule has 2 heterocycles. The molecule has 28 heavy (non-hydrogen) atoms. The number of carbonyl (C=O) groups excluding carboxylic acids is 1. The third-order valence-corrected chi connectivity index (χ3v) is 5.59. The number of benzene rings is 1. The molecule has 1 amide bonds. The van der Waals surface area contributed by atoms with E-state index in [2.05, 4.69) is 34.8 Å². The lowest BCUT2D eigenvalue weighted by Gasteiger charge is -2.37. The average Bonchev–Trinajstić information content (AvgIpc) is 3.11. The molecule has 152 valence electrons. The maximum absolute atomic E-state index is 13.0. The fourth-order valence-electron chi connectivity index (χ4n) is 3.99. The van der Waals surface area contributed by atoms with Gasteiger partial charge in [-0.25, -0.2) is 0 Å². The van der Waals surface area contributed by atoms with Crippen molar-refractivity contribution in [2.24, 2.45) is 5.41 Å². The number of nitrogens with one attached hydrogen (secondary N) is 2. The Morgan fingerprint density at radius 3 is 2.71 bits per heavy atom. The highest BCUT2D eigenvalue weighted by atomic mass is 16.5. The minimum absolute atomic E-state index is 0.0145. The fourth-order valence-corrected chi connectivity index (χ4v) is 3.99. The minimum atomic E-state index is -0.0308. The highest BCUT2D eigenvalue weighted by molar-refractivity contribution is 5.95. The summed E-state index contributed by atoms with van der Waals surface area (Å²) in [6.07, 6.45) is 5.55. The average molecular weight is 385 g/mol. The SMILES string of the molecule is CCCc1c(C(=O)NCC2(COC)CCNCC2)cnn1Cc1ccccc1. The van der Waals surface area contributed by atoms with E-state index in [1.54, 1.807) is 13.3 Å². The molecular formula is C22H32N4O2. The van der Waals surface area contributed by atoms with E-state index in [4.69, 9.17) is 4.74 Å². The molecule has 3 rings (SSSR count). The molecular weight excluding hydrogens is 352 g/mol. The first kappa shape index (κ1) is 20.6. The van der Waals surface area contributed by atoms with Crippen molar-refractivity contribution in [3.63, 3.8) is 0 Å². The van der Waals surface area contributed by atoms with Crippen molar-refractivity contribution in [3.8, 4) is 0 Å². The summed E-state index contributed by atoms with van der Waals surface area (Å²) in [4.78, 5) is 13.0. The van der Waals surface area contributed by atoms with Gasteiger partial charge in [0.15, 0.2) is 0 Å². The van der Waals surface area contributed by atoms with Crippen molar-refractivity contribution >= 4 is 5.91 Å². The topological polar surface area (TPSA) is 68.2 Å². The Balaban J connectivity index is 1.72. The van der Waals surface area contributed by atoms with Crippen LogP contribution in [0, 0.1) is 5.41 Å². The van der Waals surface area contributed by atoms with Gasteiger partial charge in [0.25, 0.3) is 5.91 Å². The molecule has 1 aliphatic heterocycles. The van der Waals surface area contributed by atoms with Crippen LogP contribution in [0.5, 0.6) is 0 Å². The van der Waals surface area contributed by atoms with Crippen LogP contribution in [-0.4, -0.2) is 49.0 Å². The molecule has 1 aromatic heterocycles. The number of rotatable bonds is 9. The molecule has 0 radical (unpaired) electrons. The van der Waals surface area contributed by atoms with E-state index in [1.807, 2.05) is 22.9 Å². The summed E-state index contributed by atoms with van der Waals surface area (Å²) < 4.78 is 7.42. The third-order valence-electron chi connectivity index (χ3n) is 5.59. The van der Waals surface area contributed by atoms with Crippen molar-refractivity contribution in [1.29, 1.82) is 0 Å². The normalized spacial score (nSPS) is 16.1. The van der Waals surface area contributed by atoms with Crippen molar-refractivity contribution in [3.05, 3.63) is 53.3 Å². The molecule has 6 nitrogen and oxygen atoms in total. The van der Waals surface area contributed by atoms with Crippen LogP contribution in [-0.2, 0) is 17.7 Å². The zero-order chi connectivity index (χ0) is 19.8. The molecule has 0 spiro atoms. The van der Waals surface area contributed by atoms with Gasteiger partial charge < -0.3 is 15.4 Å². The monoisotopic (exact) mass is 384 g/mol. The van der Waals surface area contributed by atoms with Gasteiger partial charge in [-0.2, -0.15) is 5.10 Å². The van der Waals surface area contributed by atoms with Gasteiger partial charge in [0.1, 0.15) is 0 Å². The van der Waals surface area contributed by atoms with Gasteiger partial charge in [0.2, 0.25) is 0 Å². The molecule has 0 bridgehead atoms. The van der Waals surface area contributed by atoms with Crippen molar-refractivity contribution < 1.29 is 9.53 Å². The second kappa shape index (κ2) is 9.85. The van der Waals surface area contributed by atoms with Crippen LogP contribution < -0.4 is 10.6 Å². The summed E-state index contributed by atoms with van der Waals surface area (Å²) >= 11 is 0. The number of hydrogen-bond donors (Lipinski definition) is 2. The number of piperidine rings is 1. The molecule has 0 saturated carbocycles. The predicted molar refractivity (Wildman–Crippen MR) is 111 cm³/mol. The van der Waals surface area contributed by atoms with E-state index < -0.39 is 0 Å². The number of aromatic nitrogens is 2. The van der Waals surface area contributed by atoms with E-state index >= 15 is 0 Å². The summed E-state index contributed by atoms with van der Waals surface area (Å²) in [5.41, 5.74) is 2.90. The predicted octanol–water partition coefficient (Wildman–Crippen LogP) is 2.63. The van der Waals surface area contributed by atoms with E-state index in [0.29, 0.717) is 25.3 Å². The summed E-state index contributed by atoms with van der Waals surface area (Å²) in [6.45, 7) is 6.05. The van der Waals surface area contributed by atoms with E-state index in [0.717, 1.165) is 44.5 Å². The maximum atomic E-state index is 13.0. The molecule has 1 fully saturated rings. The van der Waals surface area contributed by atoms with Crippen molar-refractivity contribution in [1.82, 2.24) is 20.4 Å². The van der Waals surface area contributed by atoms with E-state index in [9.17, 15) is 4.79 Å². The Hall–Kier alpha value is -2.18. The summed E-state index contributed by atoms with van der Waals surface area (Å²) in [6, 6.07) is 10.2. The van der Waals surface area contributed by atoms with E-state index in [1.165, 1.54) is 5.56 Å². The Morgan fingerprint density at radius 2 is 2.04 bits per heavy atom. The lowest BCUT2D eigenvalue weighted by Crippen LogP contribution is -2.47. The molecule has 2 aromatic rings. The molecule has 1 aromatic carbocycles. The van der Waals surface area contributed by atoms with Crippen molar-refractivity contribution in [2.45, 2.75) is 39.2 Å². The number of amides is 1. The van der Waals surface area contributed by atoms with Gasteiger partial charge in [0, 0.05) is 19.1 Å². The van der Waals surface area contributed by atoms with Crippen LogP contribution in [0.25, 0.3) is 0 Å². The first-order valence-electron chi connectivity index (χ1n) is 10.2. The summed E-state index contributed by atoms with van der Waals surface area (Å²) in [5.74, 6) is -0.0308. The maximum Gasteiger partial charge on any atom is 0.254 e. The smallest absolute Gasteiger partial charge is 0.254 e. The summed E-state index contributed by atoms with van der Waals surface area (Å²) in [7, 11) is 1.73. The highest BCUT2D eigenvalue weighted by Gasteiger charge is 2.33. The van der Waals surface area contributed by atoms with Gasteiger partial charge in [-0.3, -0.25) is 9.48 Å². The van der Waals surface area contributed by atoms with Gasteiger partial charge in [-0.05, 0) is 37.9 Å². The second-order valence-corrected chi connectivity index (χ2v) is 7.76. The number of hydrogen-bond acceptors (Lipinski definition) is 4. The fraction of sp³-hybridized carbons (Fsp3) is 0.545. The van der Waals surface area contributed by atoms with Crippen LogP contribution in [0.1, 0.15) is 47.8 Å². The molecule has 1 aliphatic rings. The molecule has 0 atom stereocenters. The number of nitrogens with zero attached hydrogens (tertiary/aromatic N) is 2. The Bertz CT molecular complexity index is 746. The van der Waals surface area contributed by atoms with Crippen molar-refractivity contribution in [2.75, 3.05) is 33.4 Å². The zero-order valence-corrected chi connectivity index (χ0v) is 17.0. The second-order valence-electron chi connectivity index (χ2n) is 7.76. The van der Waals surface area contributed by atoms with E-state index in [-0.39, 0.29) is 11.3 Å². The van der Waals surface area contributed by atoms with Gasteiger partial charge in [-0.1, -0.05) is 43.7 Å². The molecule has 6 heteroatoms. The quantitative estimate of drug-likeness (QED) is 0.697. The summed E-state index contributed by atoms with van der Waals surface area (Å²) in [5, 5.41) is 11.1. The van der Waals surface area contributed by atoms with Crippen LogP contribution in [0.2, 0.25) is 0 Å². The first-order chi connectivity index (χ1) is 13.7. The van der Waals surface area contributed by atoms with Gasteiger partial charge >= 0.3 is 0 Å². The lowest BCUT2D eigenvalue weighted by atomic mass is 9.79. The lowest BCUT2D eigenvalue weighted by molar-refractivity contribution is 0.0511. The molecule has 0 unspecified atom stereocenters. The molecule has 0 aliphatic carbocycles. The van der Waals surface area contributed by atoms with Crippen LogP contribution >= 0.6 is 0 Å². The first-order valence-corrected chi connectivity index (χ1v) is 10.2. The third kappa shape index (κ3) is 5.00. The molecule has 2 N–H and O–H groups in total. The Kier molecular flexibility index (Phi) is 7.23. The Labute approximate surface area is 167 Å². The molecule has 1 saturated heterocycles. The Morgan fingerprint density at radius 1 is 1.29 bits per heavy atom. The zero-order valence-electron chi connectivity index (χ0n) is 17.0. The van der Waals surface area contributed by atoms with Crippen LogP contribution in [0.15, 0.2) is 36.5 Å². The largest absolute Gasteiger partial charge is 0.384 e. The minimum Gasteiger partial charge on any atom is -0.384 e. The highest BCUT2D eigenvalue weighted by Crippen LogP contribution is 2.28. The number of ether oxygens (including phenoxy) is 1. The number of carbonyl (C=O) groups is 1. The van der Waals surface area contributed by atoms with Crippen LogP contribution in [0.3, 0.4) is 0 Å².